The van der Waals surface area contributed by atoms with Crippen molar-refractivity contribution in [3.8, 4) is 22.4 Å². The van der Waals surface area contributed by atoms with Gasteiger partial charge in [0.15, 0.2) is 0 Å². The van der Waals surface area contributed by atoms with E-state index in [-0.39, 0.29) is 11.9 Å². The summed E-state index contributed by atoms with van der Waals surface area (Å²) in [7, 11) is 0. The van der Waals surface area contributed by atoms with Crippen molar-refractivity contribution in [2.75, 3.05) is 0 Å². The highest BCUT2D eigenvalue weighted by molar-refractivity contribution is 5.85. The summed E-state index contributed by atoms with van der Waals surface area (Å²) in [6.45, 7) is 1.90. The molecule has 4 aromatic rings. The summed E-state index contributed by atoms with van der Waals surface area (Å²) in [6.07, 6.45) is 7.37. The Morgan fingerprint density at radius 1 is 1.07 bits per heavy atom. The van der Waals surface area contributed by atoms with E-state index in [0.29, 0.717) is 12.5 Å². The number of rotatable bonds is 5. The average molecular weight is 399 g/mol. The predicted molar refractivity (Wildman–Crippen MR) is 120 cm³/mol. The van der Waals surface area contributed by atoms with Crippen LogP contribution in [0.5, 0.6) is 0 Å². The fourth-order valence-electron chi connectivity index (χ4n) is 4.54. The fourth-order valence-corrected chi connectivity index (χ4v) is 4.54. The third-order valence-electron chi connectivity index (χ3n) is 6.18. The molecule has 1 amide bonds. The largest absolute Gasteiger partial charge is 0.361 e. The maximum Gasteiger partial charge on any atom is 0.219 e. The van der Waals surface area contributed by atoms with E-state index in [9.17, 15) is 4.79 Å². The Balaban J connectivity index is 1.36. The van der Waals surface area contributed by atoms with Gasteiger partial charge in [-0.3, -0.25) is 9.48 Å². The van der Waals surface area contributed by atoms with Crippen molar-refractivity contribution in [3.63, 3.8) is 0 Å². The van der Waals surface area contributed by atoms with E-state index in [2.05, 4.69) is 74.7 Å². The van der Waals surface area contributed by atoms with Crippen molar-refractivity contribution in [1.82, 2.24) is 20.1 Å². The van der Waals surface area contributed by atoms with Crippen LogP contribution in [0.15, 0.2) is 67.0 Å². The first-order valence-electron chi connectivity index (χ1n) is 10.7. The van der Waals surface area contributed by atoms with Crippen LogP contribution in [0.4, 0.5) is 0 Å². The molecule has 5 rings (SSSR count). The van der Waals surface area contributed by atoms with Gasteiger partial charge in [-0.25, -0.2) is 0 Å². The summed E-state index contributed by atoms with van der Waals surface area (Å²) in [4.78, 5) is 15.0. The third kappa shape index (κ3) is 3.52. The number of H-pyrrole nitrogens is 1. The average Bonchev–Trinajstić information content (AvgIpc) is 3.53. The van der Waals surface area contributed by atoms with Gasteiger partial charge in [0.1, 0.15) is 0 Å². The molecule has 1 aliphatic carbocycles. The zero-order valence-electron chi connectivity index (χ0n) is 17.1. The molecule has 2 N–H and O–H groups in total. The van der Waals surface area contributed by atoms with Crippen molar-refractivity contribution in [3.05, 3.63) is 67.0 Å². The van der Waals surface area contributed by atoms with Crippen molar-refractivity contribution in [2.24, 2.45) is 0 Å². The molecule has 0 aliphatic heterocycles. The van der Waals surface area contributed by atoms with Crippen LogP contribution in [-0.2, 0) is 4.79 Å². The van der Waals surface area contributed by atoms with Gasteiger partial charge >= 0.3 is 0 Å². The van der Waals surface area contributed by atoms with E-state index >= 15 is 0 Å². The number of carbonyl (C=O) groups excluding carboxylic acids is 1. The van der Waals surface area contributed by atoms with Crippen molar-refractivity contribution >= 4 is 16.8 Å². The molecule has 5 nitrogen and oxygen atoms in total. The van der Waals surface area contributed by atoms with Gasteiger partial charge in [0.2, 0.25) is 5.91 Å². The SMILES string of the molecule is CCC(=O)N[C@H]1CC[C@@H](n2nccc2-c2ccc(-c3ccc4cc[nH]c4c3)cc2)C1. The number of amides is 1. The second kappa shape index (κ2) is 7.82. The van der Waals surface area contributed by atoms with Gasteiger partial charge in [0.05, 0.1) is 11.7 Å². The van der Waals surface area contributed by atoms with E-state index in [4.69, 9.17) is 0 Å². The summed E-state index contributed by atoms with van der Waals surface area (Å²) in [5.41, 5.74) is 5.85. The van der Waals surface area contributed by atoms with Crippen LogP contribution in [-0.4, -0.2) is 26.7 Å². The van der Waals surface area contributed by atoms with Crippen LogP contribution in [0.1, 0.15) is 38.6 Å². The lowest BCUT2D eigenvalue weighted by Gasteiger charge is -2.16. The molecule has 5 heteroatoms. The van der Waals surface area contributed by atoms with Gasteiger partial charge in [-0.2, -0.15) is 5.10 Å². The molecule has 0 spiro atoms. The number of aromatic amines is 1. The Morgan fingerprint density at radius 3 is 2.70 bits per heavy atom. The lowest BCUT2D eigenvalue weighted by molar-refractivity contribution is -0.121. The number of carbonyl (C=O) groups is 1. The van der Waals surface area contributed by atoms with Gasteiger partial charge in [-0.05, 0) is 59.5 Å². The minimum Gasteiger partial charge on any atom is -0.361 e. The first-order valence-corrected chi connectivity index (χ1v) is 10.7. The van der Waals surface area contributed by atoms with E-state index in [1.165, 1.54) is 22.1 Å². The summed E-state index contributed by atoms with van der Waals surface area (Å²) >= 11 is 0. The van der Waals surface area contributed by atoms with Crippen LogP contribution in [0.3, 0.4) is 0 Å². The number of benzene rings is 2. The van der Waals surface area contributed by atoms with Gasteiger partial charge in [0.25, 0.3) is 0 Å². The normalized spacial score (nSPS) is 18.7. The van der Waals surface area contributed by atoms with Gasteiger partial charge < -0.3 is 10.3 Å². The molecule has 0 bridgehead atoms. The molecule has 2 atom stereocenters. The first-order chi connectivity index (χ1) is 14.7. The molecule has 2 aromatic heterocycles. The molecular formula is C25H26N4O. The Morgan fingerprint density at radius 2 is 1.87 bits per heavy atom. The molecular weight excluding hydrogens is 372 g/mol. The zero-order valence-corrected chi connectivity index (χ0v) is 17.1. The van der Waals surface area contributed by atoms with E-state index in [0.717, 1.165) is 30.5 Å². The monoisotopic (exact) mass is 398 g/mol. The summed E-state index contributed by atoms with van der Waals surface area (Å²) < 4.78 is 2.14. The topological polar surface area (TPSA) is 62.7 Å². The standard InChI is InChI=1S/C25H26N4O/c1-2-25(30)28-21-9-10-22(16-21)29-24(12-14-27-29)19-6-3-17(4-7-19)20-8-5-18-11-13-26-23(18)15-20/h3-8,11-15,21-22,26H,2,9-10,16H2,1H3,(H,28,30)/t21-,22+/m0/s1. The lowest BCUT2D eigenvalue weighted by atomic mass is 10.0. The molecule has 0 unspecified atom stereocenters. The van der Waals surface area contributed by atoms with E-state index in [1.54, 1.807) is 0 Å². The van der Waals surface area contributed by atoms with Crippen LogP contribution >= 0.6 is 0 Å². The summed E-state index contributed by atoms with van der Waals surface area (Å²) in [5, 5.41) is 8.98. The Bertz CT molecular complexity index is 1170. The molecule has 2 aromatic carbocycles. The molecule has 0 saturated heterocycles. The first kappa shape index (κ1) is 18.7. The van der Waals surface area contributed by atoms with Gasteiger partial charge in [0, 0.05) is 30.4 Å². The highest BCUT2D eigenvalue weighted by Gasteiger charge is 2.28. The summed E-state index contributed by atoms with van der Waals surface area (Å²) in [6, 6.07) is 20.0. The molecule has 1 saturated carbocycles. The number of nitrogens with zero attached hydrogens (tertiary/aromatic N) is 2. The number of nitrogens with one attached hydrogen (secondary N) is 2. The van der Waals surface area contributed by atoms with Crippen molar-refractivity contribution < 1.29 is 4.79 Å². The Labute approximate surface area is 176 Å². The molecule has 0 radical (unpaired) electrons. The second-order valence-corrected chi connectivity index (χ2v) is 8.10. The molecule has 152 valence electrons. The van der Waals surface area contributed by atoms with Crippen molar-refractivity contribution in [1.29, 1.82) is 0 Å². The van der Waals surface area contributed by atoms with Crippen LogP contribution in [0.25, 0.3) is 33.3 Å². The van der Waals surface area contributed by atoms with Gasteiger partial charge in [-0.1, -0.05) is 43.3 Å². The molecule has 1 aliphatic rings. The maximum atomic E-state index is 11.7. The number of aromatic nitrogens is 3. The van der Waals surface area contributed by atoms with Gasteiger partial charge in [-0.15, -0.1) is 0 Å². The predicted octanol–water partition coefficient (Wildman–Crippen LogP) is 5.32. The Hall–Kier alpha value is -3.34. The quantitative estimate of drug-likeness (QED) is 0.478. The van der Waals surface area contributed by atoms with Crippen LogP contribution in [0, 0.1) is 0 Å². The lowest BCUT2D eigenvalue weighted by Crippen LogP contribution is -2.32. The number of fused-ring (bicyclic) bond motifs is 1. The number of hydrogen-bond acceptors (Lipinski definition) is 2. The fraction of sp³-hybridized carbons (Fsp3) is 0.280. The highest BCUT2D eigenvalue weighted by atomic mass is 16.1. The van der Waals surface area contributed by atoms with Crippen LogP contribution < -0.4 is 5.32 Å². The smallest absolute Gasteiger partial charge is 0.219 e. The van der Waals surface area contributed by atoms with Crippen LogP contribution in [0.2, 0.25) is 0 Å². The minimum atomic E-state index is 0.134. The second-order valence-electron chi connectivity index (χ2n) is 8.10. The zero-order chi connectivity index (χ0) is 20.5. The summed E-state index contributed by atoms with van der Waals surface area (Å²) in [5.74, 6) is 0.134. The van der Waals surface area contributed by atoms with Crippen molar-refractivity contribution in [2.45, 2.75) is 44.7 Å². The maximum absolute atomic E-state index is 11.7. The Kier molecular flexibility index (Phi) is 4.87. The molecule has 30 heavy (non-hydrogen) atoms. The number of hydrogen-bond donors (Lipinski definition) is 2. The minimum absolute atomic E-state index is 0.134. The highest BCUT2D eigenvalue weighted by Crippen LogP contribution is 2.34. The van der Waals surface area contributed by atoms with E-state index < -0.39 is 0 Å². The molecule has 1 fully saturated rings. The third-order valence-corrected chi connectivity index (χ3v) is 6.18. The van der Waals surface area contributed by atoms with E-state index in [1.807, 2.05) is 19.3 Å². The molecule has 2 heterocycles.